The summed E-state index contributed by atoms with van der Waals surface area (Å²) in [5.74, 6) is 0. The fourth-order valence-corrected chi connectivity index (χ4v) is 1.52. The molecule has 0 aliphatic carbocycles. The number of rotatable bonds is 2. The number of nitrogens with zero attached hydrogens (tertiary/aromatic N) is 1. The minimum Gasteiger partial charge on any atom is -0.193 e. The van der Waals surface area contributed by atoms with Gasteiger partial charge in [-0.1, -0.05) is 33.6 Å². The minimum atomic E-state index is 0.288. The van der Waals surface area contributed by atoms with Crippen LogP contribution in [0.2, 0.25) is 5.02 Å². The zero-order valence-electron chi connectivity index (χ0n) is 6.92. The Morgan fingerprint density at radius 1 is 1.62 bits per heavy atom. The molecule has 1 rings (SSSR count). The van der Waals surface area contributed by atoms with Gasteiger partial charge in [-0.2, -0.15) is 4.99 Å². The first-order valence-corrected chi connectivity index (χ1v) is 5.36. The van der Waals surface area contributed by atoms with E-state index in [-0.39, 0.29) is 4.83 Å². The summed E-state index contributed by atoms with van der Waals surface area (Å²) in [6.45, 7) is 2.04. The van der Waals surface area contributed by atoms with E-state index in [4.69, 9.17) is 11.6 Å². The van der Waals surface area contributed by atoms with Crippen molar-refractivity contribution in [2.45, 2.75) is 11.8 Å². The predicted molar refractivity (Wildman–Crippen MR) is 63.5 cm³/mol. The maximum atomic E-state index is 5.95. The Balaban J connectivity index is 3.12. The summed E-state index contributed by atoms with van der Waals surface area (Å²) >= 11 is 13.9. The number of benzene rings is 1. The number of alkyl halides is 1. The lowest BCUT2D eigenvalue weighted by Crippen LogP contribution is -1.82. The van der Waals surface area contributed by atoms with E-state index in [0.717, 1.165) is 5.56 Å². The Bertz CT molecular complexity index is 359. The van der Waals surface area contributed by atoms with Crippen molar-refractivity contribution >= 4 is 50.6 Å². The molecule has 0 aliphatic rings. The van der Waals surface area contributed by atoms with Gasteiger partial charge in [0.15, 0.2) is 0 Å². The van der Waals surface area contributed by atoms with Gasteiger partial charge < -0.3 is 0 Å². The summed E-state index contributed by atoms with van der Waals surface area (Å²) in [4.78, 5) is 4.11. The first-order valence-electron chi connectivity index (χ1n) is 3.66. The number of halogens is 2. The van der Waals surface area contributed by atoms with E-state index >= 15 is 0 Å². The van der Waals surface area contributed by atoms with Crippen molar-refractivity contribution in [2.24, 2.45) is 4.99 Å². The molecule has 4 heteroatoms. The second-order valence-corrected chi connectivity index (χ2v) is 4.49. The van der Waals surface area contributed by atoms with Crippen LogP contribution in [0, 0.1) is 0 Å². The highest BCUT2D eigenvalue weighted by molar-refractivity contribution is 9.09. The zero-order chi connectivity index (χ0) is 9.84. The molecule has 0 spiro atoms. The third kappa shape index (κ3) is 2.89. The third-order valence-corrected chi connectivity index (χ3v) is 2.52. The molecule has 0 bridgehead atoms. The lowest BCUT2D eigenvalue weighted by molar-refractivity contribution is 1.12. The molecule has 68 valence electrons. The maximum Gasteiger partial charge on any atom is 0.0925 e. The summed E-state index contributed by atoms with van der Waals surface area (Å²) in [7, 11) is 0. The van der Waals surface area contributed by atoms with E-state index < -0.39 is 0 Å². The quantitative estimate of drug-likeness (QED) is 0.439. The Morgan fingerprint density at radius 2 is 2.31 bits per heavy atom. The molecule has 1 aromatic rings. The molecule has 0 aromatic heterocycles. The van der Waals surface area contributed by atoms with Crippen LogP contribution < -0.4 is 0 Å². The summed E-state index contributed by atoms with van der Waals surface area (Å²) in [5, 5.41) is 2.88. The van der Waals surface area contributed by atoms with Gasteiger partial charge >= 0.3 is 0 Å². The molecule has 1 unspecified atom stereocenters. The third-order valence-electron chi connectivity index (χ3n) is 1.60. The fourth-order valence-electron chi connectivity index (χ4n) is 0.910. The molecule has 0 amide bonds. The van der Waals surface area contributed by atoms with Crippen LogP contribution in [-0.2, 0) is 0 Å². The second kappa shape index (κ2) is 4.87. The molecule has 0 saturated heterocycles. The summed E-state index contributed by atoms with van der Waals surface area (Å²) < 4.78 is 0. The molecule has 1 aromatic carbocycles. The molecule has 0 heterocycles. The van der Waals surface area contributed by atoms with Crippen LogP contribution in [-0.4, -0.2) is 5.16 Å². The maximum absolute atomic E-state index is 5.95. The van der Waals surface area contributed by atoms with E-state index in [0.29, 0.717) is 10.7 Å². The lowest BCUT2D eigenvalue weighted by Gasteiger charge is -2.04. The monoisotopic (exact) mass is 275 g/mol. The van der Waals surface area contributed by atoms with Crippen molar-refractivity contribution in [3.05, 3.63) is 28.8 Å². The average molecular weight is 277 g/mol. The van der Waals surface area contributed by atoms with Crippen molar-refractivity contribution in [2.75, 3.05) is 0 Å². The van der Waals surface area contributed by atoms with Crippen LogP contribution in [0.15, 0.2) is 23.2 Å². The van der Waals surface area contributed by atoms with E-state index in [9.17, 15) is 0 Å². The minimum absolute atomic E-state index is 0.288. The van der Waals surface area contributed by atoms with E-state index in [1.807, 2.05) is 25.1 Å². The van der Waals surface area contributed by atoms with Gasteiger partial charge in [-0.3, -0.25) is 0 Å². The van der Waals surface area contributed by atoms with E-state index in [2.05, 4.69) is 38.3 Å². The first kappa shape index (κ1) is 10.9. The van der Waals surface area contributed by atoms with E-state index in [1.165, 1.54) is 0 Å². The SMILES string of the molecule is CC(Br)c1ccc(N=C=S)c(Cl)c1. The highest BCUT2D eigenvalue weighted by Crippen LogP contribution is 2.30. The number of thiocarbonyl (C=S) groups is 1. The summed E-state index contributed by atoms with van der Waals surface area (Å²) in [5.41, 5.74) is 1.78. The van der Waals surface area contributed by atoms with Gasteiger partial charge in [-0.05, 0) is 36.8 Å². The predicted octanol–water partition coefficient (Wildman–Crippen LogP) is 4.53. The van der Waals surface area contributed by atoms with E-state index in [1.54, 1.807) is 0 Å². The molecule has 1 atom stereocenters. The molecule has 0 radical (unpaired) electrons. The molecule has 0 aliphatic heterocycles. The number of isothiocyanates is 1. The number of hydrogen-bond donors (Lipinski definition) is 0. The van der Waals surface area contributed by atoms with Gasteiger partial charge in [-0.15, -0.1) is 0 Å². The molecule has 0 saturated carbocycles. The van der Waals surface area contributed by atoms with Crippen LogP contribution in [0.1, 0.15) is 17.3 Å². The van der Waals surface area contributed by atoms with Crippen LogP contribution >= 0.6 is 39.7 Å². The van der Waals surface area contributed by atoms with Crippen molar-refractivity contribution in [3.8, 4) is 0 Å². The Morgan fingerprint density at radius 3 is 2.77 bits per heavy atom. The molecule has 0 fully saturated rings. The first-order chi connectivity index (χ1) is 6.15. The fraction of sp³-hybridized carbons (Fsp3) is 0.222. The van der Waals surface area contributed by atoms with Crippen molar-refractivity contribution < 1.29 is 0 Å². The zero-order valence-corrected chi connectivity index (χ0v) is 10.1. The standard InChI is InChI=1S/C9H7BrClNS/c1-6(10)7-2-3-9(12-5-13)8(11)4-7/h2-4,6H,1H3. The smallest absolute Gasteiger partial charge is 0.0925 e. The van der Waals surface area contributed by atoms with Crippen molar-refractivity contribution in [1.82, 2.24) is 0 Å². The van der Waals surface area contributed by atoms with Gasteiger partial charge in [-0.25, -0.2) is 0 Å². The van der Waals surface area contributed by atoms with Crippen molar-refractivity contribution in [3.63, 3.8) is 0 Å². The van der Waals surface area contributed by atoms with Gasteiger partial charge in [0.05, 0.1) is 15.9 Å². The Kier molecular flexibility index (Phi) is 4.07. The average Bonchev–Trinajstić information content (AvgIpc) is 2.08. The summed E-state index contributed by atoms with van der Waals surface area (Å²) in [6.07, 6.45) is 0. The van der Waals surface area contributed by atoms with Crippen LogP contribution in [0.4, 0.5) is 5.69 Å². The number of aliphatic imine (C=N–C) groups is 1. The van der Waals surface area contributed by atoms with Gasteiger partial charge in [0.25, 0.3) is 0 Å². The summed E-state index contributed by atoms with van der Waals surface area (Å²) in [6, 6.07) is 5.65. The van der Waals surface area contributed by atoms with Crippen LogP contribution in [0.5, 0.6) is 0 Å². The normalized spacial score (nSPS) is 11.9. The molecule has 1 nitrogen and oxygen atoms in total. The van der Waals surface area contributed by atoms with Crippen molar-refractivity contribution in [1.29, 1.82) is 0 Å². The molecular weight excluding hydrogens is 270 g/mol. The highest BCUT2D eigenvalue weighted by Gasteiger charge is 2.04. The topological polar surface area (TPSA) is 12.4 Å². The largest absolute Gasteiger partial charge is 0.193 e. The van der Waals surface area contributed by atoms with Crippen LogP contribution in [0.25, 0.3) is 0 Å². The van der Waals surface area contributed by atoms with Gasteiger partial charge in [0.2, 0.25) is 0 Å². The van der Waals surface area contributed by atoms with Gasteiger partial charge in [0.1, 0.15) is 0 Å². The molecule has 0 N–H and O–H groups in total. The Hall–Kier alpha value is -0.210. The second-order valence-electron chi connectivity index (χ2n) is 2.53. The Labute approximate surface area is 96.0 Å². The number of hydrogen-bond acceptors (Lipinski definition) is 2. The molecule has 13 heavy (non-hydrogen) atoms. The van der Waals surface area contributed by atoms with Crippen LogP contribution in [0.3, 0.4) is 0 Å². The molecular formula is C9H7BrClNS. The lowest BCUT2D eigenvalue weighted by atomic mass is 10.1. The van der Waals surface area contributed by atoms with Gasteiger partial charge in [0, 0.05) is 4.83 Å². The highest BCUT2D eigenvalue weighted by atomic mass is 79.9.